The second kappa shape index (κ2) is 4.06. The van der Waals surface area contributed by atoms with Gasteiger partial charge in [0.2, 0.25) is 0 Å². The zero-order chi connectivity index (χ0) is 10.8. The molecule has 1 aliphatic rings. The quantitative estimate of drug-likeness (QED) is 0.625. The summed E-state index contributed by atoms with van der Waals surface area (Å²) in [6, 6.07) is 10.7. The van der Waals surface area contributed by atoms with E-state index in [-0.39, 0.29) is 0 Å². The van der Waals surface area contributed by atoms with Crippen LogP contribution in [-0.2, 0) is 0 Å². The van der Waals surface area contributed by atoms with Crippen molar-refractivity contribution in [1.29, 1.82) is 0 Å². The molecule has 1 aromatic rings. The van der Waals surface area contributed by atoms with E-state index in [9.17, 15) is 0 Å². The highest BCUT2D eigenvalue weighted by molar-refractivity contribution is 5.73. The molecule has 0 unspecified atom stereocenters. The Balaban J connectivity index is 2.48. The molecule has 1 atom stereocenters. The number of benzene rings is 1. The standard InChI is InChI=1S/C15H18/c1-11-9-12(2)15(13(3)10-11)14-7-5-4-6-8-14/h4-9,13H,10H2,1-3H3/t13-/m0/s1. The lowest BCUT2D eigenvalue weighted by Gasteiger charge is -2.23. The van der Waals surface area contributed by atoms with Gasteiger partial charge < -0.3 is 0 Å². The average molecular weight is 198 g/mol. The zero-order valence-corrected chi connectivity index (χ0v) is 9.75. The molecular weight excluding hydrogens is 180 g/mol. The van der Waals surface area contributed by atoms with Gasteiger partial charge in [-0.15, -0.1) is 0 Å². The normalized spacial score (nSPS) is 21.5. The molecule has 0 nitrogen and oxygen atoms in total. The fraction of sp³-hybridized carbons (Fsp3) is 0.333. The van der Waals surface area contributed by atoms with E-state index in [0.717, 1.165) is 0 Å². The van der Waals surface area contributed by atoms with Gasteiger partial charge in [0.25, 0.3) is 0 Å². The molecule has 0 saturated carbocycles. The second-order valence-corrected chi connectivity index (χ2v) is 4.56. The predicted molar refractivity (Wildman–Crippen MR) is 66.6 cm³/mol. The topological polar surface area (TPSA) is 0 Å². The maximum atomic E-state index is 2.32. The summed E-state index contributed by atoms with van der Waals surface area (Å²) in [6.45, 7) is 6.77. The summed E-state index contributed by atoms with van der Waals surface area (Å²) in [5.74, 6) is 0.650. The van der Waals surface area contributed by atoms with Crippen LogP contribution in [0.4, 0.5) is 0 Å². The lowest BCUT2D eigenvalue weighted by molar-refractivity contribution is 0.721. The molecule has 2 rings (SSSR count). The molecule has 0 spiro atoms. The van der Waals surface area contributed by atoms with Gasteiger partial charge in [0.1, 0.15) is 0 Å². The summed E-state index contributed by atoms with van der Waals surface area (Å²) < 4.78 is 0. The molecule has 1 aliphatic carbocycles. The molecule has 1 aromatic carbocycles. The molecule has 15 heavy (non-hydrogen) atoms. The number of allylic oxidation sites excluding steroid dienone is 4. The largest absolute Gasteiger partial charge is 0.0725 e. The van der Waals surface area contributed by atoms with Crippen molar-refractivity contribution in [2.45, 2.75) is 27.2 Å². The lowest BCUT2D eigenvalue weighted by Crippen LogP contribution is -2.06. The Morgan fingerprint density at radius 1 is 1.07 bits per heavy atom. The Hall–Kier alpha value is -1.30. The first kappa shape index (κ1) is 10.2. The molecule has 0 aromatic heterocycles. The van der Waals surface area contributed by atoms with Crippen LogP contribution in [0.1, 0.15) is 32.8 Å². The molecule has 0 amide bonds. The first-order valence-electron chi connectivity index (χ1n) is 5.62. The zero-order valence-electron chi connectivity index (χ0n) is 9.75. The molecule has 78 valence electrons. The van der Waals surface area contributed by atoms with E-state index in [1.807, 2.05) is 0 Å². The van der Waals surface area contributed by atoms with Crippen LogP contribution in [0.5, 0.6) is 0 Å². The van der Waals surface area contributed by atoms with Gasteiger partial charge in [-0.05, 0) is 42.9 Å². The first-order valence-corrected chi connectivity index (χ1v) is 5.62. The molecule has 0 aliphatic heterocycles. The molecule has 0 heterocycles. The summed E-state index contributed by atoms with van der Waals surface area (Å²) in [6.07, 6.45) is 3.52. The van der Waals surface area contributed by atoms with Crippen molar-refractivity contribution in [2.75, 3.05) is 0 Å². The summed E-state index contributed by atoms with van der Waals surface area (Å²) in [5, 5.41) is 0. The second-order valence-electron chi connectivity index (χ2n) is 4.56. The van der Waals surface area contributed by atoms with Gasteiger partial charge in [0, 0.05) is 0 Å². The van der Waals surface area contributed by atoms with E-state index >= 15 is 0 Å². The van der Waals surface area contributed by atoms with Gasteiger partial charge in [-0.1, -0.05) is 48.9 Å². The Morgan fingerprint density at radius 3 is 2.33 bits per heavy atom. The third-order valence-corrected chi connectivity index (χ3v) is 3.09. The fourth-order valence-electron chi connectivity index (χ4n) is 2.61. The minimum atomic E-state index is 0.650. The number of hydrogen-bond acceptors (Lipinski definition) is 0. The summed E-state index contributed by atoms with van der Waals surface area (Å²) in [5.41, 5.74) is 5.82. The van der Waals surface area contributed by atoms with Crippen molar-refractivity contribution < 1.29 is 0 Å². The van der Waals surface area contributed by atoms with Gasteiger partial charge in [-0.25, -0.2) is 0 Å². The number of hydrogen-bond donors (Lipinski definition) is 0. The van der Waals surface area contributed by atoms with Crippen molar-refractivity contribution in [3.63, 3.8) is 0 Å². The van der Waals surface area contributed by atoms with Crippen molar-refractivity contribution in [2.24, 2.45) is 5.92 Å². The van der Waals surface area contributed by atoms with E-state index in [4.69, 9.17) is 0 Å². The Bertz CT molecular complexity index is 407. The first-order chi connectivity index (χ1) is 7.18. The van der Waals surface area contributed by atoms with Gasteiger partial charge in [-0.3, -0.25) is 0 Å². The van der Waals surface area contributed by atoms with E-state index in [2.05, 4.69) is 57.2 Å². The average Bonchev–Trinajstić information content (AvgIpc) is 2.17. The predicted octanol–water partition coefficient (Wildman–Crippen LogP) is 4.45. The van der Waals surface area contributed by atoms with Crippen LogP contribution in [-0.4, -0.2) is 0 Å². The van der Waals surface area contributed by atoms with Crippen LogP contribution in [0.25, 0.3) is 5.57 Å². The minimum Gasteiger partial charge on any atom is -0.0725 e. The summed E-state index contributed by atoms with van der Waals surface area (Å²) in [4.78, 5) is 0. The van der Waals surface area contributed by atoms with Crippen molar-refractivity contribution in [1.82, 2.24) is 0 Å². The lowest BCUT2D eigenvalue weighted by atomic mass is 9.81. The minimum absolute atomic E-state index is 0.650. The van der Waals surface area contributed by atoms with Crippen LogP contribution in [0.15, 0.2) is 47.6 Å². The monoisotopic (exact) mass is 198 g/mol. The van der Waals surface area contributed by atoms with Crippen molar-refractivity contribution >= 4 is 5.57 Å². The van der Waals surface area contributed by atoms with Crippen LogP contribution in [0.3, 0.4) is 0 Å². The molecule has 0 fully saturated rings. The van der Waals surface area contributed by atoms with Crippen molar-refractivity contribution in [3.05, 3.63) is 53.1 Å². The van der Waals surface area contributed by atoms with Crippen molar-refractivity contribution in [3.8, 4) is 0 Å². The molecule has 0 bridgehead atoms. The van der Waals surface area contributed by atoms with Gasteiger partial charge in [0.15, 0.2) is 0 Å². The maximum absolute atomic E-state index is 2.32. The van der Waals surface area contributed by atoms with Crippen LogP contribution in [0, 0.1) is 5.92 Å². The van der Waals surface area contributed by atoms with Gasteiger partial charge in [-0.2, -0.15) is 0 Å². The molecule has 0 N–H and O–H groups in total. The van der Waals surface area contributed by atoms with E-state index in [0.29, 0.717) is 5.92 Å². The van der Waals surface area contributed by atoms with Crippen LogP contribution < -0.4 is 0 Å². The third-order valence-electron chi connectivity index (χ3n) is 3.09. The van der Waals surface area contributed by atoms with Gasteiger partial charge in [0.05, 0.1) is 0 Å². The van der Waals surface area contributed by atoms with E-state index in [1.54, 1.807) is 0 Å². The third kappa shape index (κ3) is 2.04. The Labute approximate surface area is 92.3 Å². The molecule has 0 radical (unpaired) electrons. The Kier molecular flexibility index (Phi) is 2.77. The van der Waals surface area contributed by atoms with Gasteiger partial charge >= 0.3 is 0 Å². The van der Waals surface area contributed by atoms with E-state index < -0.39 is 0 Å². The van der Waals surface area contributed by atoms with E-state index in [1.165, 1.54) is 28.7 Å². The number of rotatable bonds is 1. The Morgan fingerprint density at radius 2 is 1.73 bits per heavy atom. The smallest absolute Gasteiger partial charge is 0.0145 e. The molecule has 0 heteroatoms. The highest BCUT2D eigenvalue weighted by atomic mass is 14.2. The summed E-state index contributed by atoms with van der Waals surface area (Å²) >= 11 is 0. The van der Waals surface area contributed by atoms with Crippen LogP contribution >= 0.6 is 0 Å². The fourth-order valence-corrected chi connectivity index (χ4v) is 2.61. The highest BCUT2D eigenvalue weighted by Crippen LogP contribution is 2.35. The SMILES string of the molecule is CC1=CC(C)=C(c2ccccc2)[C@@H](C)C1. The molecular formula is C15H18. The summed E-state index contributed by atoms with van der Waals surface area (Å²) in [7, 11) is 0. The maximum Gasteiger partial charge on any atom is -0.0145 e. The molecule has 0 saturated heterocycles. The highest BCUT2D eigenvalue weighted by Gasteiger charge is 2.17. The van der Waals surface area contributed by atoms with Crippen LogP contribution in [0.2, 0.25) is 0 Å².